The molecule has 5 rings (SSSR count). The molecule has 0 N–H and O–H groups in total. The van der Waals surface area contributed by atoms with Crippen molar-refractivity contribution in [3.63, 3.8) is 0 Å². The number of imide groups is 1. The molecule has 1 heterocycles. The summed E-state index contributed by atoms with van der Waals surface area (Å²) in [6.45, 7) is 0. The van der Waals surface area contributed by atoms with Crippen molar-refractivity contribution in [3.8, 4) is 0 Å². The number of nitro groups is 1. The number of allylic oxidation sites excluding steroid dienone is 4. The summed E-state index contributed by atoms with van der Waals surface area (Å²) in [6.07, 6.45) is 9.96. The highest BCUT2D eigenvalue weighted by molar-refractivity contribution is 6.33. The molecule has 3 aliphatic carbocycles. The fourth-order valence-electron chi connectivity index (χ4n) is 5.54. The number of halogens is 1. The summed E-state index contributed by atoms with van der Waals surface area (Å²) < 4.78 is 0. The van der Waals surface area contributed by atoms with Crippen LogP contribution in [0.5, 0.6) is 0 Å². The first-order valence-corrected chi connectivity index (χ1v) is 10.1. The molecule has 0 radical (unpaired) electrons. The van der Waals surface area contributed by atoms with E-state index in [0.717, 1.165) is 12.8 Å². The number of amides is 2. The van der Waals surface area contributed by atoms with E-state index >= 15 is 0 Å². The van der Waals surface area contributed by atoms with Crippen LogP contribution >= 0.6 is 11.6 Å². The number of hydrogen-bond donors (Lipinski definition) is 0. The quantitative estimate of drug-likeness (QED) is 0.319. The van der Waals surface area contributed by atoms with Crippen molar-refractivity contribution >= 4 is 34.8 Å². The van der Waals surface area contributed by atoms with E-state index < -0.39 is 4.92 Å². The highest BCUT2D eigenvalue weighted by atomic mass is 35.5. The Balaban J connectivity index is 1.50. The van der Waals surface area contributed by atoms with E-state index in [1.807, 2.05) is 0 Å². The zero-order valence-corrected chi connectivity index (χ0v) is 15.9. The van der Waals surface area contributed by atoms with Crippen LogP contribution in [-0.2, 0) is 9.59 Å². The number of fused-ring (bicyclic) bond motifs is 5. The van der Waals surface area contributed by atoms with Crippen LogP contribution < -0.4 is 4.90 Å². The number of benzene rings is 1. The largest absolute Gasteiger partial charge is 0.288 e. The normalized spacial score (nSPS) is 31.1. The van der Waals surface area contributed by atoms with Crippen molar-refractivity contribution in [1.82, 2.24) is 0 Å². The minimum atomic E-state index is -0.582. The third-order valence-electron chi connectivity index (χ3n) is 6.67. The highest BCUT2D eigenvalue weighted by Crippen LogP contribution is 2.58. The summed E-state index contributed by atoms with van der Waals surface area (Å²) in [5.74, 6) is -1.13. The van der Waals surface area contributed by atoms with Gasteiger partial charge < -0.3 is 0 Å². The van der Waals surface area contributed by atoms with Gasteiger partial charge in [0.1, 0.15) is 5.02 Å². The Morgan fingerprint density at radius 3 is 2.14 bits per heavy atom. The first kappa shape index (κ1) is 17.6. The summed E-state index contributed by atoms with van der Waals surface area (Å²) in [6, 6.07) is 4.01. The van der Waals surface area contributed by atoms with Crippen molar-refractivity contribution in [1.29, 1.82) is 0 Å². The van der Waals surface area contributed by atoms with E-state index in [4.69, 9.17) is 11.6 Å². The van der Waals surface area contributed by atoms with E-state index in [1.54, 1.807) is 0 Å². The maximum absolute atomic E-state index is 13.2. The van der Waals surface area contributed by atoms with Gasteiger partial charge in [-0.15, -0.1) is 0 Å². The van der Waals surface area contributed by atoms with Gasteiger partial charge in [-0.2, -0.15) is 0 Å². The number of rotatable bonds is 2. The Kier molecular flexibility index (Phi) is 3.95. The minimum absolute atomic E-state index is 0.0121. The van der Waals surface area contributed by atoms with Crippen LogP contribution in [-0.4, -0.2) is 16.7 Å². The molecule has 3 fully saturated rings. The number of carbonyl (C=O) groups excluding carboxylic acids is 2. The van der Waals surface area contributed by atoms with Crippen LogP contribution in [0.4, 0.5) is 11.4 Å². The molecule has 0 aromatic heterocycles. The van der Waals surface area contributed by atoms with Crippen LogP contribution in [0.1, 0.15) is 32.1 Å². The maximum atomic E-state index is 13.2. The molecule has 4 aliphatic rings. The molecule has 0 spiro atoms. The molecule has 1 aromatic carbocycles. The summed E-state index contributed by atoms with van der Waals surface area (Å²) >= 11 is 6.00. The van der Waals surface area contributed by atoms with Gasteiger partial charge in [0.2, 0.25) is 11.8 Å². The van der Waals surface area contributed by atoms with E-state index in [2.05, 4.69) is 12.2 Å². The first-order chi connectivity index (χ1) is 13.5. The van der Waals surface area contributed by atoms with E-state index in [0.29, 0.717) is 5.69 Å². The molecule has 0 unspecified atom stereocenters. The molecule has 144 valence electrons. The monoisotopic (exact) mass is 398 g/mol. The predicted molar refractivity (Wildman–Crippen MR) is 104 cm³/mol. The zero-order chi connectivity index (χ0) is 19.6. The lowest BCUT2D eigenvalue weighted by Gasteiger charge is -2.23. The Bertz CT molecular complexity index is 941. The molecule has 1 saturated heterocycles. The number of nitrogens with zero attached hydrogens (tertiary/aromatic N) is 2. The molecule has 1 aromatic rings. The van der Waals surface area contributed by atoms with E-state index in [-0.39, 0.29) is 46.2 Å². The molecule has 2 bridgehead atoms. The number of hydrogen-bond acceptors (Lipinski definition) is 4. The van der Waals surface area contributed by atoms with Crippen molar-refractivity contribution in [3.05, 3.63) is 56.6 Å². The number of carbonyl (C=O) groups is 2. The molecular weight excluding hydrogens is 380 g/mol. The Hall–Kier alpha value is -2.47. The maximum Gasteiger partial charge on any atom is 0.288 e. The van der Waals surface area contributed by atoms with Crippen LogP contribution in [0.3, 0.4) is 0 Å². The van der Waals surface area contributed by atoms with Gasteiger partial charge in [-0.25, -0.2) is 4.90 Å². The third-order valence-corrected chi connectivity index (χ3v) is 6.97. The fourth-order valence-corrected chi connectivity index (χ4v) is 5.78. The minimum Gasteiger partial charge on any atom is -0.274 e. The van der Waals surface area contributed by atoms with E-state index in [9.17, 15) is 19.7 Å². The van der Waals surface area contributed by atoms with Crippen LogP contribution in [0, 0.1) is 33.8 Å². The van der Waals surface area contributed by atoms with Crippen molar-refractivity contribution in [2.24, 2.45) is 23.7 Å². The van der Waals surface area contributed by atoms with Gasteiger partial charge in [0, 0.05) is 17.9 Å². The second-order valence-electron chi connectivity index (χ2n) is 8.01. The van der Waals surface area contributed by atoms with Crippen molar-refractivity contribution in [2.45, 2.75) is 32.1 Å². The molecule has 2 amide bonds. The summed E-state index contributed by atoms with van der Waals surface area (Å²) in [5, 5.41) is 10.9. The van der Waals surface area contributed by atoms with Gasteiger partial charge in [-0.05, 0) is 37.8 Å². The van der Waals surface area contributed by atoms with Crippen LogP contribution in [0.15, 0.2) is 41.5 Å². The second-order valence-corrected chi connectivity index (χ2v) is 8.42. The average molecular weight is 399 g/mol. The zero-order valence-electron chi connectivity index (χ0n) is 15.1. The first-order valence-electron chi connectivity index (χ1n) is 9.71. The molecule has 28 heavy (non-hydrogen) atoms. The molecule has 1 aliphatic heterocycles. The van der Waals surface area contributed by atoms with Gasteiger partial charge in [-0.3, -0.25) is 19.7 Å². The van der Waals surface area contributed by atoms with Gasteiger partial charge in [0.25, 0.3) is 5.69 Å². The lowest BCUT2D eigenvalue weighted by atomic mass is 9.85. The highest BCUT2D eigenvalue weighted by Gasteiger charge is 2.62. The SMILES string of the molecule is O=C1[C@@H]2[C@@H](C(=O)N1c1ccc([N+](=O)[O-])c(Cl)c1)[C@H]1C=C[C@@H]2C1=C1CCCCC1. The van der Waals surface area contributed by atoms with Crippen LogP contribution in [0.2, 0.25) is 5.02 Å². The topological polar surface area (TPSA) is 80.5 Å². The van der Waals surface area contributed by atoms with Crippen molar-refractivity contribution < 1.29 is 14.5 Å². The van der Waals surface area contributed by atoms with Crippen molar-refractivity contribution in [2.75, 3.05) is 4.90 Å². The van der Waals surface area contributed by atoms with E-state index in [1.165, 1.54) is 53.5 Å². The molecule has 4 atom stereocenters. The Morgan fingerprint density at radius 2 is 1.61 bits per heavy atom. The second kappa shape index (κ2) is 6.27. The average Bonchev–Trinajstić information content (AvgIpc) is 3.32. The number of nitro benzene ring substituents is 1. The Labute approximate surface area is 167 Å². The molecule has 7 heteroatoms. The van der Waals surface area contributed by atoms with Gasteiger partial charge in [-0.1, -0.05) is 41.3 Å². The van der Waals surface area contributed by atoms with Crippen LogP contribution in [0.25, 0.3) is 0 Å². The number of anilines is 1. The lowest BCUT2D eigenvalue weighted by Crippen LogP contribution is -2.33. The standard InChI is InChI=1S/C21H19ClN2O4/c22-15-10-12(6-9-16(15)24(27)28)23-20(25)18-13-7-8-14(19(18)21(23)26)17(13)11-4-2-1-3-5-11/h6-10,13-14,18-19H,1-5H2/t13-,14+,18-,19-/m0/s1. The molecule has 6 nitrogen and oxygen atoms in total. The summed E-state index contributed by atoms with van der Waals surface area (Å²) in [5.41, 5.74) is 2.84. The summed E-state index contributed by atoms with van der Waals surface area (Å²) in [7, 11) is 0. The summed E-state index contributed by atoms with van der Waals surface area (Å²) in [4.78, 5) is 38.0. The lowest BCUT2D eigenvalue weighted by molar-refractivity contribution is -0.384. The van der Waals surface area contributed by atoms with Gasteiger partial charge >= 0.3 is 0 Å². The van der Waals surface area contributed by atoms with Gasteiger partial charge in [0.05, 0.1) is 22.4 Å². The molecular formula is C21H19ClN2O4. The fraction of sp³-hybridized carbons (Fsp3) is 0.429. The molecule has 2 saturated carbocycles. The Morgan fingerprint density at radius 1 is 1.00 bits per heavy atom. The predicted octanol–water partition coefficient (Wildman–Crippen LogP) is 4.43. The van der Waals surface area contributed by atoms with Gasteiger partial charge in [0.15, 0.2) is 0 Å². The third kappa shape index (κ3) is 2.33. The smallest absolute Gasteiger partial charge is 0.274 e.